The van der Waals surface area contributed by atoms with Crippen LogP contribution in [0.3, 0.4) is 0 Å². The Balaban J connectivity index is 1.98. The number of guanidine groups is 1. The molecule has 0 bridgehead atoms. The zero-order valence-electron chi connectivity index (χ0n) is 11.6. The van der Waals surface area contributed by atoms with Gasteiger partial charge in [0, 0.05) is 32.4 Å². The molecule has 6 nitrogen and oxygen atoms in total. The lowest BCUT2D eigenvalue weighted by molar-refractivity contribution is -0.00828. The van der Waals surface area contributed by atoms with Gasteiger partial charge in [-0.05, 0) is 0 Å². The van der Waals surface area contributed by atoms with Crippen LogP contribution in [0.4, 0.5) is 8.78 Å². The van der Waals surface area contributed by atoms with E-state index >= 15 is 0 Å². The molecule has 1 N–H and O–H groups in total. The first kappa shape index (κ1) is 14.7. The van der Waals surface area contributed by atoms with Crippen LogP contribution in [0.2, 0.25) is 0 Å². The Morgan fingerprint density at radius 1 is 1.65 bits per heavy atom. The van der Waals surface area contributed by atoms with Crippen molar-refractivity contribution in [3.8, 4) is 0 Å². The van der Waals surface area contributed by atoms with Crippen LogP contribution in [0.25, 0.3) is 0 Å². The lowest BCUT2D eigenvalue weighted by Gasteiger charge is -2.34. The van der Waals surface area contributed by atoms with Crippen LogP contribution >= 0.6 is 0 Å². The Labute approximate surface area is 116 Å². The summed E-state index contributed by atoms with van der Waals surface area (Å²) in [5.74, 6) is 0.475. The van der Waals surface area contributed by atoms with E-state index < -0.39 is 13.0 Å². The van der Waals surface area contributed by atoms with Crippen LogP contribution in [-0.2, 0) is 11.8 Å². The fraction of sp³-hybridized carbons (Fsp3) is 0.667. The molecule has 1 saturated heterocycles. The number of nitrogens with one attached hydrogen (secondary N) is 1. The summed E-state index contributed by atoms with van der Waals surface area (Å²) in [5.41, 5.74) is 0.974. The van der Waals surface area contributed by atoms with Gasteiger partial charge in [-0.15, -0.1) is 0 Å². The first-order valence-corrected chi connectivity index (χ1v) is 6.44. The number of aliphatic imine (C=N–C) groups is 1. The number of hydrogen-bond donors (Lipinski definition) is 1. The Morgan fingerprint density at radius 3 is 3.05 bits per heavy atom. The van der Waals surface area contributed by atoms with Crippen molar-refractivity contribution >= 4 is 5.96 Å². The fourth-order valence-electron chi connectivity index (χ4n) is 2.15. The maximum absolute atomic E-state index is 12.3. The van der Waals surface area contributed by atoms with Crippen LogP contribution < -0.4 is 5.32 Å². The topological polar surface area (TPSA) is 54.7 Å². The minimum Gasteiger partial charge on any atom is -0.370 e. The highest BCUT2D eigenvalue weighted by Crippen LogP contribution is 2.21. The van der Waals surface area contributed by atoms with E-state index in [2.05, 4.69) is 15.4 Å². The number of hydrogen-bond acceptors (Lipinski definition) is 3. The van der Waals surface area contributed by atoms with E-state index in [9.17, 15) is 8.78 Å². The van der Waals surface area contributed by atoms with Crippen molar-refractivity contribution in [2.75, 3.05) is 33.3 Å². The summed E-state index contributed by atoms with van der Waals surface area (Å²) in [4.78, 5) is 5.96. The highest BCUT2D eigenvalue weighted by Gasteiger charge is 2.25. The third-order valence-corrected chi connectivity index (χ3v) is 3.09. The Hall–Kier alpha value is -1.70. The molecule has 1 unspecified atom stereocenters. The first-order valence-electron chi connectivity index (χ1n) is 6.44. The van der Waals surface area contributed by atoms with Gasteiger partial charge in [0.15, 0.2) is 5.96 Å². The number of aromatic nitrogens is 2. The molecule has 1 aromatic rings. The average Bonchev–Trinajstić information content (AvgIpc) is 2.86. The molecule has 1 aromatic heterocycles. The molecule has 8 heteroatoms. The molecule has 2 rings (SSSR count). The van der Waals surface area contributed by atoms with E-state index in [0.29, 0.717) is 25.7 Å². The van der Waals surface area contributed by atoms with E-state index in [-0.39, 0.29) is 6.10 Å². The van der Waals surface area contributed by atoms with Gasteiger partial charge in [-0.25, -0.2) is 8.78 Å². The van der Waals surface area contributed by atoms with E-state index in [4.69, 9.17) is 4.74 Å². The van der Waals surface area contributed by atoms with Gasteiger partial charge in [0.25, 0.3) is 6.43 Å². The monoisotopic (exact) mass is 287 g/mol. The van der Waals surface area contributed by atoms with Crippen LogP contribution in [0.5, 0.6) is 0 Å². The zero-order valence-corrected chi connectivity index (χ0v) is 11.6. The van der Waals surface area contributed by atoms with Crippen LogP contribution in [0.1, 0.15) is 11.7 Å². The number of alkyl halides is 2. The molecular formula is C12H19F2N5O. The van der Waals surface area contributed by atoms with Crippen molar-refractivity contribution in [2.45, 2.75) is 12.5 Å². The predicted octanol–water partition coefficient (Wildman–Crippen LogP) is 0.634. The minimum atomic E-state index is -2.40. The third-order valence-electron chi connectivity index (χ3n) is 3.09. The van der Waals surface area contributed by atoms with Crippen molar-refractivity contribution in [3.63, 3.8) is 0 Å². The normalized spacial score (nSPS) is 20.6. The minimum absolute atomic E-state index is 0.123. The van der Waals surface area contributed by atoms with Crippen LogP contribution in [0, 0.1) is 0 Å². The lowest BCUT2D eigenvalue weighted by Crippen LogP contribution is -2.49. The number of halogens is 2. The van der Waals surface area contributed by atoms with E-state index in [1.54, 1.807) is 17.9 Å². The van der Waals surface area contributed by atoms with Gasteiger partial charge in [-0.3, -0.25) is 9.67 Å². The molecule has 0 spiro atoms. The lowest BCUT2D eigenvalue weighted by atomic mass is 10.1. The largest absolute Gasteiger partial charge is 0.370 e. The molecule has 1 atom stereocenters. The standard InChI is InChI=1S/C12H19F2N5O/c1-15-12(16-6-11(13)14)19-3-4-20-10(8-19)9-5-17-18(2)7-9/h5,7,10-11H,3-4,6,8H2,1-2H3,(H,15,16). The summed E-state index contributed by atoms with van der Waals surface area (Å²) in [6.07, 6.45) is 1.12. The molecule has 2 heterocycles. The molecule has 0 amide bonds. The summed E-state index contributed by atoms with van der Waals surface area (Å²) in [7, 11) is 3.43. The second-order valence-corrected chi connectivity index (χ2v) is 4.57. The second-order valence-electron chi connectivity index (χ2n) is 4.57. The van der Waals surface area contributed by atoms with Gasteiger partial charge in [0.2, 0.25) is 0 Å². The van der Waals surface area contributed by atoms with Gasteiger partial charge >= 0.3 is 0 Å². The number of morpholine rings is 1. The van der Waals surface area contributed by atoms with Crippen molar-refractivity contribution in [2.24, 2.45) is 12.0 Å². The van der Waals surface area contributed by atoms with Crippen LogP contribution in [0.15, 0.2) is 17.4 Å². The molecule has 20 heavy (non-hydrogen) atoms. The Kier molecular flexibility index (Phi) is 4.89. The van der Waals surface area contributed by atoms with Crippen molar-refractivity contribution in [1.82, 2.24) is 20.0 Å². The maximum Gasteiger partial charge on any atom is 0.255 e. The summed E-state index contributed by atoms with van der Waals surface area (Å²) in [6, 6.07) is 0. The predicted molar refractivity (Wildman–Crippen MR) is 70.8 cm³/mol. The molecular weight excluding hydrogens is 268 g/mol. The molecule has 0 saturated carbocycles. The molecule has 112 valence electrons. The van der Waals surface area contributed by atoms with Crippen LogP contribution in [-0.4, -0.2) is 60.4 Å². The van der Waals surface area contributed by atoms with E-state index in [0.717, 1.165) is 5.56 Å². The van der Waals surface area contributed by atoms with Gasteiger partial charge in [-0.1, -0.05) is 0 Å². The van der Waals surface area contributed by atoms with Gasteiger partial charge in [0.1, 0.15) is 6.10 Å². The molecule has 0 aromatic carbocycles. The van der Waals surface area contributed by atoms with E-state index in [1.807, 2.05) is 18.1 Å². The van der Waals surface area contributed by atoms with Gasteiger partial charge < -0.3 is 15.0 Å². The average molecular weight is 287 g/mol. The molecule has 0 aliphatic carbocycles. The summed E-state index contributed by atoms with van der Waals surface area (Å²) >= 11 is 0. The van der Waals surface area contributed by atoms with Crippen molar-refractivity contribution < 1.29 is 13.5 Å². The number of nitrogens with zero attached hydrogens (tertiary/aromatic N) is 4. The second kappa shape index (κ2) is 6.65. The number of aryl methyl sites for hydroxylation is 1. The summed E-state index contributed by atoms with van der Waals surface area (Å²) in [6.45, 7) is 1.31. The maximum atomic E-state index is 12.3. The highest BCUT2D eigenvalue weighted by molar-refractivity contribution is 5.80. The Bertz CT molecular complexity index is 462. The number of ether oxygens (including phenoxy) is 1. The zero-order chi connectivity index (χ0) is 14.5. The fourth-order valence-corrected chi connectivity index (χ4v) is 2.15. The smallest absolute Gasteiger partial charge is 0.255 e. The third kappa shape index (κ3) is 3.66. The number of rotatable bonds is 3. The SMILES string of the molecule is CN=C(NCC(F)F)N1CCOC(c2cnn(C)c2)C1. The highest BCUT2D eigenvalue weighted by atomic mass is 19.3. The molecule has 1 aliphatic heterocycles. The Morgan fingerprint density at radius 2 is 2.45 bits per heavy atom. The molecule has 1 aliphatic rings. The summed E-state index contributed by atoms with van der Waals surface area (Å²) < 4.78 is 32.0. The first-order chi connectivity index (χ1) is 9.60. The van der Waals surface area contributed by atoms with Crippen molar-refractivity contribution in [1.29, 1.82) is 0 Å². The quantitative estimate of drug-likeness (QED) is 0.654. The summed E-state index contributed by atoms with van der Waals surface area (Å²) in [5, 5.41) is 6.78. The van der Waals surface area contributed by atoms with E-state index in [1.165, 1.54) is 0 Å². The molecule has 0 radical (unpaired) electrons. The molecule has 1 fully saturated rings. The van der Waals surface area contributed by atoms with Crippen molar-refractivity contribution in [3.05, 3.63) is 18.0 Å². The van der Waals surface area contributed by atoms with Gasteiger partial charge in [-0.2, -0.15) is 5.10 Å². The van der Waals surface area contributed by atoms with Gasteiger partial charge in [0.05, 0.1) is 25.9 Å².